The summed E-state index contributed by atoms with van der Waals surface area (Å²) in [7, 11) is 1.76. The van der Waals surface area contributed by atoms with Crippen LogP contribution in [0.25, 0.3) is 10.9 Å². The van der Waals surface area contributed by atoms with E-state index in [1.54, 1.807) is 38.5 Å². The van der Waals surface area contributed by atoms with Crippen LogP contribution in [0.15, 0.2) is 30.3 Å². The Bertz CT molecular complexity index is 1130. The van der Waals surface area contributed by atoms with E-state index in [0.717, 1.165) is 10.9 Å². The molecule has 3 rings (SSSR count). The molecule has 1 aromatic carbocycles. The third-order valence-corrected chi connectivity index (χ3v) is 5.64. The number of fused-ring (bicyclic) bond motifs is 1. The first kappa shape index (κ1) is 24.9. The lowest BCUT2D eigenvalue weighted by Crippen LogP contribution is -2.53. The molecular formula is C24H31N5O5. The predicted molar refractivity (Wildman–Crippen MR) is 126 cm³/mol. The maximum atomic E-state index is 12.8. The van der Waals surface area contributed by atoms with Crippen LogP contribution in [-0.4, -0.2) is 58.6 Å². The number of benzene rings is 1. The SMILES string of the molecule is Cn1c(C(=O)NCC(=O)NC(C[C@@H]2CCNC2=O)C(=O)C(=O)NC(C)(C)C)cc2ccccc21. The van der Waals surface area contributed by atoms with Gasteiger partial charge in [-0.1, -0.05) is 18.2 Å². The van der Waals surface area contributed by atoms with Gasteiger partial charge in [-0.15, -0.1) is 0 Å². The highest BCUT2D eigenvalue weighted by Gasteiger charge is 2.35. The van der Waals surface area contributed by atoms with Gasteiger partial charge in [0.15, 0.2) is 0 Å². The summed E-state index contributed by atoms with van der Waals surface area (Å²) >= 11 is 0. The summed E-state index contributed by atoms with van der Waals surface area (Å²) in [5.74, 6) is -3.45. The Kier molecular flexibility index (Phi) is 7.38. The zero-order valence-electron chi connectivity index (χ0n) is 19.9. The number of nitrogens with one attached hydrogen (secondary N) is 4. The van der Waals surface area contributed by atoms with Gasteiger partial charge in [0.1, 0.15) is 5.69 Å². The largest absolute Gasteiger partial charge is 0.356 e. The smallest absolute Gasteiger partial charge is 0.290 e. The van der Waals surface area contributed by atoms with E-state index in [4.69, 9.17) is 0 Å². The lowest BCUT2D eigenvalue weighted by Gasteiger charge is -2.23. The summed E-state index contributed by atoms with van der Waals surface area (Å²) in [6, 6.07) is 8.06. The van der Waals surface area contributed by atoms with Gasteiger partial charge in [-0.25, -0.2) is 0 Å². The molecule has 2 heterocycles. The van der Waals surface area contributed by atoms with Crippen LogP contribution in [0.4, 0.5) is 0 Å². The number of nitrogens with zero attached hydrogens (tertiary/aromatic N) is 1. The molecule has 1 aliphatic rings. The second kappa shape index (κ2) is 10.1. The number of carbonyl (C=O) groups excluding carboxylic acids is 5. The minimum Gasteiger partial charge on any atom is -0.356 e. The van der Waals surface area contributed by atoms with Crippen LogP contribution in [0, 0.1) is 5.92 Å². The molecule has 0 bridgehead atoms. The van der Waals surface area contributed by atoms with E-state index in [2.05, 4.69) is 21.3 Å². The zero-order valence-corrected chi connectivity index (χ0v) is 19.9. The molecule has 10 nitrogen and oxygen atoms in total. The summed E-state index contributed by atoms with van der Waals surface area (Å²) in [6.07, 6.45) is 0.516. The molecule has 1 aromatic heterocycles. The maximum absolute atomic E-state index is 12.8. The van der Waals surface area contributed by atoms with Crippen molar-refractivity contribution < 1.29 is 24.0 Å². The van der Waals surface area contributed by atoms with E-state index in [9.17, 15) is 24.0 Å². The van der Waals surface area contributed by atoms with Crippen molar-refractivity contribution in [2.75, 3.05) is 13.1 Å². The number of Topliss-reactive ketones (excluding diaryl/α,β-unsaturated/α-hetero) is 1. The number of aryl methyl sites for hydroxylation is 1. The number of para-hydroxylation sites is 1. The van der Waals surface area contributed by atoms with Gasteiger partial charge >= 0.3 is 0 Å². The topological polar surface area (TPSA) is 138 Å². The normalized spacial score (nSPS) is 16.6. The summed E-state index contributed by atoms with van der Waals surface area (Å²) < 4.78 is 1.73. The van der Waals surface area contributed by atoms with Gasteiger partial charge in [-0.3, -0.25) is 24.0 Å². The van der Waals surface area contributed by atoms with Gasteiger partial charge in [0.25, 0.3) is 11.8 Å². The van der Waals surface area contributed by atoms with Crippen LogP contribution in [-0.2, 0) is 26.2 Å². The molecule has 4 amide bonds. The minimum atomic E-state index is -1.18. The Morgan fingerprint density at radius 1 is 1.18 bits per heavy atom. The first-order chi connectivity index (χ1) is 16.0. The van der Waals surface area contributed by atoms with Gasteiger partial charge in [0.2, 0.25) is 17.6 Å². The third-order valence-electron chi connectivity index (χ3n) is 5.64. The van der Waals surface area contributed by atoms with Crippen molar-refractivity contribution in [3.8, 4) is 0 Å². The summed E-state index contributed by atoms with van der Waals surface area (Å²) in [4.78, 5) is 62.5. The molecule has 0 radical (unpaired) electrons. The molecule has 0 spiro atoms. The molecule has 1 aliphatic heterocycles. The highest BCUT2D eigenvalue weighted by molar-refractivity contribution is 6.38. The third kappa shape index (κ3) is 6.00. The average Bonchev–Trinajstić information content (AvgIpc) is 3.32. The standard InChI is InChI=1S/C24H31N5O5/c1-24(2,3)28-23(34)20(31)16(11-15-9-10-25-21(15)32)27-19(30)13-26-22(33)18-12-14-7-5-6-8-17(14)29(18)4/h5-8,12,15-16H,9-11,13H2,1-4H3,(H,25,32)(H,26,33)(H,27,30)(H,28,34)/t15-,16?/m0/s1. The maximum Gasteiger partial charge on any atom is 0.290 e. The summed E-state index contributed by atoms with van der Waals surface area (Å²) in [6.45, 7) is 5.30. The van der Waals surface area contributed by atoms with Gasteiger partial charge in [0.05, 0.1) is 12.6 Å². The van der Waals surface area contributed by atoms with Crippen LogP contribution in [0.1, 0.15) is 44.1 Å². The molecule has 2 aromatic rings. The van der Waals surface area contributed by atoms with Gasteiger partial charge in [-0.05, 0) is 45.7 Å². The van der Waals surface area contributed by atoms with Gasteiger partial charge < -0.3 is 25.8 Å². The van der Waals surface area contributed by atoms with Crippen LogP contribution in [0.2, 0.25) is 0 Å². The monoisotopic (exact) mass is 469 g/mol. The predicted octanol–water partition coefficient (Wildman–Crippen LogP) is 0.403. The number of ketones is 1. The van der Waals surface area contributed by atoms with Gasteiger partial charge in [-0.2, -0.15) is 0 Å². The van der Waals surface area contributed by atoms with Crippen LogP contribution in [0.5, 0.6) is 0 Å². The fourth-order valence-corrected chi connectivity index (χ4v) is 3.95. The molecular weight excluding hydrogens is 438 g/mol. The van der Waals surface area contributed by atoms with Crippen molar-refractivity contribution in [2.24, 2.45) is 13.0 Å². The van der Waals surface area contributed by atoms with Crippen molar-refractivity contribution in [1.82, 2.24) is 25.8 Å². The lowest BCUT2D eigenvalue weighted by atomic mass is 9.95. The fourth-order valence-electron chi connectivity index (χ4n) is 3.95. The number of hydrogen-bond acceptors (Lipinski definition) is 5. The summed E-state index contributed by atoms with van der Waals surface area (Å²) in [5, 5.41) is 11.2. The lowest BCUT2D eigenvalue weighted by molar-refractivity contribution is -0.141. The molecule has 1 unspecified atom stereocenters. The van der Waals surface area contributed by atoms with Crippen molar-refractivity contribution in [3.05, 3.63) is 36.0 Å². The molecule has 10 heteroatoms. The molecule has 34 heavy (non-hydrogen) atoms. The second-order valence-electron chi connectivity index (χ2n) is 9.53. The Hall–Kier alpha value is -3.69. The van der Waals surface area contributed by atoms with E-state index in [0.29, 0.717) is 18.7 Å². The molecule has 0 aliphatic carbocycles. The zero-order chi connectivity index (χ0) is 25.0. The van der Waals surface area contributed by atoms with E-state index < -0.39 is 41.0 Å². The Morgan fingerprint density at radius 3 is 2.50 bits per heavy atom. The molecule has 2 atom stereocenters. The van der Waals surface area contributed by atoms with E-state index >= 15 is 0 Å². The van der Waals surface area contributed by atoms with Gasteiger partial charge in [0, 0.05) is 36.0 Å². The minimum absolute atomic E-state index is 0.00508. The first-order valence-electron chi connectivity index (χ1n) is 11.2. The number of amides is 4. The van der Waals surface area contributed by atoms with Crippen molar-refractivity contribution in [2.45, 2.75) is 45.2 Å². The average molecular weight is 470 g/mol. The second-order valence-corrected chi connectivity index (χ2v) is 9.53. The Balaban J connectivity index is 1.65. The Labute approximate surface area is 197 Å². The number of carbonyl (C=O) groups is 5. The number of hydrogen-bond donors (Lipinski definition) is 4. The van der Waals surface area contributed by atoms with Crippen LogP contribution >= 0.6 is 0 Å². The van der Waals surface area contributed by atoms with Crippen LogP contribution in [0.3, 0.4) is 0 Å². The molecule has 1 saturated heterocycles. The van der Waals surface area contributed by atoms with Crippen molar-refractivity contribution >= 4 is 40.3 Å². The highest BCUT2D eigenvalue weighted by atomic mass is 16.2. The molecule has 182 valence electrons. The Morgan fingerprint density at radius 2 is 1.88 bits per heavy atom. The van der Waals surface area contributed by atoms with Crippen LogP contribution < -0.4 is 21.3 Å². The van der Waals surface area contributed by atoms with Crippen molar-refractivity contribution in [3.63, 3.8) is 0 Å². The van der Waals surface area contributed by atoms with E-state index in [1.807, 2.05) is 24.3 Å². The first-order valence-corrected chi connectivity index (χ1v) is 11.2. The fraction of sp³-hybridized carbons (Fsp3) is 0.458. The quantitative estimate of drug-likeness (QED) is 0.415. The number of rotatable bonds is 8. The molecule has 1 fully saturated rings. The van der Waals surface area contributed by atoms with E-state index in [-0.39, 0.29) is 18.9 Å². The highest BCUT2D eigenvalue weighted by Crippen LogP contribution is 2.19. The van der Waals surface area contributed by atoms with E-state index in [1.165, 1.54) is 0 Å². The number of aromatic nitrogens is 1. The molecule has 4 N–H and O–H groups in total. The molecule has 0 saturated carbocycles. The summed E-state index contributed by atoms with van der Waals surface area (Å²) in [5.41, 5.74) is 0.620. The van der Waals surface area contributed by atoms with Crippen molar-refractivity contribution in [1.29, 1.82) is 0 Å².